The van der Waals surface area contributed by atoms with Gasteiger partial charge in [0.1, 0.15) is 0 Å². The highest BCUT2D eigenvalue weighted by atomic mass is 19.4. The van der Waals surface area contributed by atoms with Crippen LogP contribution in [0, 0.1) is 0 Å². The number of benzene rings is 2. The highest BCUT2D eigenvalue weighted by Crippen LogP contribution is 2.55. The molecule has 2 aromatic rings. The van der Waals surface area contributed by atoms with Crippen molar-refractivity contribution in [1.82, 2.24) is 0 Å². The maximum atomic E-state index is 14.1. The number of rotatable bonds is 3. The molecule has 5 heteroatoms. The van der Waals surface area contributed by atoms with Gasteiger partial charge in [0.25, 0.3) is 0 Å². The molecule has 2 aliphatic rings. The van der Waals surface area contributed by atoms with Gasteiger partial charge in [-0.1, -0.05) is 48.5 Å². The fourth-order valence-electron chi connectivity index (χ4n) is 4.52. The Kier molecular flexibility index (Phi) is 4.22. The van der Waals surface area contributed by atoms with Crippen LogP contribution >= 0.6 is 0 Å². The van der Waals surface area contributed by atoms with Crippen LogP contribution in [-0.2, 0) is 18.4 Å². The molecule has 0 amide bonds. The molecule has 0 saturated carbocycles. The molecule has 1 N–H and O–H groups in total. The van der Waals surface area contributed by atoms with Crippen molar-refractivity contribution in [2.45, 2.75) is 49.9 Å². The lowest BCUT2D eigenvalue weighted by molar-refractivity contribution is -0.271. The second-order valence-corrected chi connectivity index (χ2v) is 7.27. The maximum Gasteiger partial charge on any atom is 0.423 e. The number of para-hydroxylation sites is 1. The molecular formula is C21H22F3NO. The van der Waals surface area contributed by atoms with E-state index in [0.29, 0.717) is 18.7 Å². The zero-order valence-electron chi connectivity index (χ0n) is 14.5. The third-order valence-corrected chi connectivity index (χ3v) is 5.75. The molecule has 0 aromatic heterocycles. The van der Waals surface area contributed by atoms with Crippen LogP contribution in [0.5, 0.6) is 0 Å². The van der Waals surface area contributed by atoms with Crippen molar-refractivity contribution in [2.24, 2.45) is 0 Å². The molecular weight excluding hydrogens is 339 g/mol. The summed E-state index contributed by atoms with van der Waals surface area (Å²) in [7, 11) is 0. The Hall–Kier alpha value is -2.01. The second-order valence-electron chi connectivity index (χ2n) is 7.27. The quantitative estimate of drug-likeness (QED) is 0.864. The minimum Gasteiger partial charge on any atom is -0.375 e. The molecule has 0 bridgehead atoms. The topological polar surface area (TPSA) is 23.5 Å². The van der Waals surface area contributed by atoms with E-state index < -0.39 is 17.8 Å². The lowest BCUT2D eigenvalue weighted by atomic mass is 9.84. The molecule has 26 heavy (non-hydrogen) atoms. The van der Waals surface area contributed by atoms with E-state index in [1.165, 1.54) is 6.07 Å². The largest absolute Gasteiger partial charge is 0.423 e. The summed E-state index contributed by atoms with van der Waals surface area (Å²) in [5.41, 5.74) is -0.261. The van der Waals surface area contributed by atoms with Crippen LogP contribution < -0.4 is 4.90 Å². The van der Waals surface area contributed by atoms with Crippen molar-refractivity contribution in [2.75, 3.05) is 11.4 Å². The number of aryl methyl sites for hydroxylation is 2. The van der Waals surface area contributed by atoms with Crippen molar-refractivity contribution in [3.05, 3.63) is 65.2 Å². The van der Waals surface area contributed by atoms with Gasteiger partial charge in [0.15, 0.2) is 0 Å². The van der Waals surface area contributed by atoms with Gasteiger partial charge in [-0.05, 0) is 43.2 Å². The van der Waals surface area contributed by atoms with Crippen molar-refractivity contribution in [1.29, 1.82) is 0 Å². The number of alkyl halides is 3. The molecule has 2 atom stereocenters. The maximum absolute atomic E-state index is 14.1. The number of nitrogens with zero attached hydrogens (tertiary/aromatic N) is 1. The standard InChI is InChI=1S/C21H22F3NO/c22-21(23,24)20(26)17-11-6-10-16-9-4-5-14-25(19(16)17)18(20)13-12-15-7-2-1-3-8-15/h1-3,6-8,10-11,18,26H,4-5,9,12-14H2. The van der Waals surface area contributed by atoms with Crippen molar-refractivity contribution in [3.63, 3.8) is 0 Å². The van der Waals surface area contributed by atoms with E-state index in [9.17, 15) is 18.3 Å². The van der Waals surface area contributed by atoms with Crippen molar-refractivity contribution >= 4 is 5.69 Å². The number of aliphatic hydroxyl groups is 1. The first-order valence-corrected chi connectivity index (χ1v) is 9.15. The van der Waals surface area contributed by atoms with E-state index in [2.05, 4.69) is 0 Å². The number of anilines is 1. The summed E-state index contributed by atoms with van der Waals surface area (Å²) in [5.74, 6) is 0. The molecule has 4 rings (SSSR count). The molecule has 0 saturated heterocycles. The lowest BCUT2D eigenvalue weighted by Crippen LogP contribution is -2.54. The molecule has 2 unspecified atom stereocenters. The van der Waals surface area contributed by atoms with Crippen molar-refractivity contribution in [3.8, 4) is 0 Å². The van der Waals surface area contributed by atoms with Gasteiger partial charge in [-0.2, -0.15) is 13.2 Å². The first-order valence-electron chi connectivity index (χ1n) is 9.15. The Bertz CT molecular complexity index is 790. The van der Waals surface area contributed by atoms with Gasteiger partial charge in [-0.3, -0.25) is 0 Å². The van der Waals surface area contributed by atoms with Crippen molar-refractivity contribution < 1.29 is 18.3 Å². The Balaban J connectivity index is 1.77. The van der Waals surface area contributed by atoms with Crippen LogP contribution in [0.25, 0.3) is 0 Å². The Morgan fingerprint density at radius 3 is 2.54 bits per heavy atom. The summed E-state index contributed by atoms with van der Waals surface area (Å²) >= 11 is 0. The summed E-state index contributed by atoms with van der Waals surface area (Å²) in [6, 6.07) is 13.5. The van der Waals surface area contributed by atoms with E-state index in [4.69, 9.17) is 0 Å². The van der Waals surface area contributed by atoms with Gasteiger partial charge in [0, 0.05) is 17.8 Å². The van der Waals surface area contributed by atoms with Crippen LogP contribution in [0.2, 0.25) is 0 Å². The predicted octanol–water partition coefficient (Wildman–Crippen LogP) is 4.59. The van der Waals surface area contributed by atoms with Gasteiger partial charge in [-0.15, -0.1) is 0 Å². The van der Waals surface area contributed by atoms with E-state index in [1.54, 1.807) is 6.07 Å². The molecule has 0 fully saturated rings. The minimum absolute atomic E-state index is 0.0301. The first kappa shape index (κ1) is 17.4. The third kappa shape index (κ3) is 2.60. The molecule has 2 aliphatic heterocycles. The van der Waals surface area contributed by atoms with Gasteiger partial charge >= 0.3 is 6.18 Å². The average molecular weight is 361 g/mol. The molecule has 2 aromatic carbocycles. The number of hydrogen-bond donors (Lipinski definition) is 1. The zero-order valence-corrected chi connectivity index (χ0v) is 14.5. The Morgan fingerprint density at radius 2 is 1.81 bits per heavy atom. The number of hydrogen-bond acceptors (Lipinski definition) is 2. The Morgan fingerprint density at radius 1 is 1.04 bits per heavy atom. The van der Waals surface area contributed by atoms with Gasteiger partial charge in [-0.25, -0.2) is 0 Å². The molecule has 0 radical (unpaired) electrons. The molecule has 0 spiro atoms. The van der Waals surface area contributed by atoms with E-state index in [0.717, 1.165) is 30.4 Å². The fourth-order valence-corrected chi connectivity index (χ4v) is 4.52. The highest BCUT2D eigenvalue weighted by molar-refractivity contribution is 5.69. The second kappa shape index (κ2) is 6.31. The third-order valence-electron chi connectivity index (χ3n) is 5.75. The lowest BCUT2D eigenvalue weighted by Gasteiger charge is -2.37. The normalized spacial score (nSPS) is 25.1. The summed E-state index contributed by atoms with van der Waals surface area (Å²) < 4.78 is 42.3. The molecule has 138 valence electrons. The predicted molar refractivity (Wildman–Crippen MR) is 95.2 cm³/mol. The summed E-state index contributed by atoms with van der Waals surface area (Å²) in [4.78, 5) is 1.83. The van der Waals surface area contributed by atoms with E-state index >= 15 is 0 Å². The van der Waals surface area contributed by atoms with E-state index in [1.807, 2.05) is 41.3 Å². The van der Waals surface area contributed by atoms with E-state index in [-0.39, 0.29) is 12.0 Å². The van der Waals surface area contributed by atoms with Crippen LogP contribution in [0.15, 0.2) is 48.5 Å². The first-order chi connectivity index (χ1) is 12.4. The minimum atomic E-state index is -4.71. The van der Waals surface area contributed by atoms with Crippen LogP contribution in [0.1, 0.15) is 36.0 Å². The fraction of sp³-hybridized carbons (Fsp3) is 0.429. The molecule has 0 aliphatic carbocycles. The highest BCUT2D eigenvalue weighted by Gasteiger charge is 2.65. The van der Waals surface area contributed by atoms with Gasteiger partial charge in [0.2, 0.25) is 5.60 Å². The summed E-state index contributed by atoms with van der Waals surface area (Å²) in [6.07, 6.45) is -1.39. The smallest absolute Gasteiger partial charge is 0.375 e. The summed E-state index contributed by atoms with van der Waals surface area (Å²) in [6.45, 7) is 0.557. The summed E-state index contributed by atoms with van der Waals surface area (Å²) in [5, 5.41) is 11.0. The van der Waals surface area contributed by atoms with Gasteiger partial charge in [0.05, 0.1) is 6.04 Å². The van der Waals surface area contributed by atoms with Crippen LogP contribution in [0.4, 0.5) is 18.9 Å². The van der Waals surface area contributed by atoms with Crippen LogP contribution in [0.3, 0.4) is 0 Å². The average Bonchev–Trinajstić information content (AvgIpc) is 2.75. The zero-order chi connectivity index (χ0) is 18.4. The number of halogens is 3. The SMILES string of the molecule is OC1(C(F)(F)F)c2cccc3c2N(CCCC3)C1CCc1ccccc1. The van der Waals surface area contributed by atoms with Gasteiger partial charge < -0.3 is 10.0 Å². The molecule has 2 nitrogen and oxygen atoms in total. The monoisotopic (exact) mass is 361 g/mol. The van der Waals surface area contributed by atoms with Crippen LogP contribution in [-0.4, -0.2) is 23.9 Å². The molecule has 2 heterocycles. The Labute approximate surface area is 151 Å².